The SMILES string of the molecule is Cc1cc(-c2ccc(C(C)N)c(Cl)c2)c(C)cc1Cl. The lowest BCUT2D eigenvalue weighted by atomic mass is 9.96. The molecule has 0 heterocycles. The number of halogens is 2. The van der Waals surface area contributed by atoms with Gasteiger partial charge in [0.1, 0.15) is 0 Å². The van der Waals surface area contributed by atoms with Gasteiger partial charge in [0.25, 0.3) is 0 Å². The van der Waals surface area contributed by atoms with E-state index in [1.54, 1.807) is 0 Å². The van der Waals surface area contributed by atoms with Gasteiger partial charge in [-0.2, -0.15) is 0 Å². The molecule has 0 bridgehead atoms. The highest BCUT2D eigenvalue weighted by molar-refractivity contribution is 6.32. The van der Waals surface area contributed by atoms with Crippen LogP contribution in [-0.2, 0) is 0 Å². The highest BCUT2D eigenvalue weighted by Crippen LogP contribution is 2.32. The predicted octanol–water partition coefficient (Wildman–Crippen LogP) is 5.30. The third-order valence-corrected chi connectivity index (χ3v) is 4.04. The Morgan fingerprint density at radius 2 is 1.63 bits per heavy atom. The molecule has 0 amide bonds. The van der Waals surface area contributed by atoms with Crippen molar-refractivity contribution >= 4 is 23.2 Å². The Kier molecular flexibility index (Phi) is 4.19. The highest BCUT2D eigenvalue weighted by atomic mass is 35.5. The molecule has 100 valence electrons. The van der Waals surface area contributed by atoms with Crippen molar-refractivity contribution < 1.29 is 0 Å². The molecule has 0 saturated heterocycles. The van der Waals surface area contributed by atoms with Crippen LogP contribution >= 0.6 is 23.2 Å². The van der Waals surface area contributed by atoms with E-state index < -0.39 is 0 Å². The molecule has 1 nitrogen and oxygen atoms in total. The fourth-order valence-electron chi connectivity index (χ4n) is 2.16. The van der Waals surface area contributed by atoms with Crippen molar-refractivity contribution in [2.24, 2.45) is 5.73 Å². The van der Waals surface area contributed by atoms with Gasteiger partial charge < -0.3 is 5.73 Å². The molecule has 1 atom stereocenters. The highest BCUT2D eigenvalue weighted by Gasteiger charge is 2.10. The normalized spacial score (nSPS) is 12.5. The minimum absolute atomic E-state index is 0.0606. The summed E-state index contributed by atoms with van der Waals surface area (Å²) in [6.07, 6.45) is 0. The third kappa shape index (κ3) is 2.94. The van der Waals surface area contributed by atoms with Crippen LogP contribution in [0.15, 0.2) is 30.3 Å². The average molecular weight is 294 g/mol. The number of hydrogen-bond donors (Lipinski definition) is 1. The molecule has 0 aliphatic heterocycles. The van der Waals surface area contributed by atoms with Crippen LogP contribution in [0.25, 0.3) is 11.1 Å². The van der Waals surface area contributed by atoms with E-state index in [0.717, 1.165) is 32.8 Å². The number of hydrogen-bond acceptors (Lipinski definition) is 1. The largest absolute Gasteiger partial charge is 0.324 e. The molecule has 3 heteroatoms. The standard InChI is InChI=1S/C16H17Cl2N/c1-9-7-15(17)10(2)6-14(9)12-4-5-13(11(3)19)16(18)8-12/h4-8,11H,19H2,1-3H3. The molecule has 0 aromatic heterocycles. The molecule has 0 aliphatic carbocycles. The second-order valence-corrected chi connectivity index (χ2v) is 5.76. The van der Waals surface area contributed by atoms with E-state index in [0.29, 0.717) is 5.02 Å². The first kappa shape index (κ1) is 14.4. The molecular formula is C16H17Cl2N. The minimum atomic E-state index is -0.0606. The summed E-state index contributed by atoms with van der Waals surface area (Å²) < 4.78 is 0. The van der Waals surface area contributed by atoms with E-state index in [-0.39, 0.29) is 6.04 Å². The van der Waals surface area contributed by atoms with Gasteiger partial charge in [-0.3, -0.25) is 0 Å². The second kappa shape index (κ2) is 5.54. The molecule has 1 unspecified atom stereocenters. The van der Waals surface area contributed by atoms with Crippen molar-refractivity contribution in [1.82, 2.24) is 0 Å². The van der Waals surface area contributed by atoms with Gasteiger partial charge in [0, 0.05) is 16.1 Å². The summed E-state index contributed by atoms with van der Waals surface area (Å²) in [5, 5.41) is 1.50. The lowest BCUT2D eigenvalue weighted by molar-refractivity contribution is 0.819. The second-order valence-electron chi connectivity index (χ2n) is 4.94. The van der Waals surface area contributed by atoms with Gasteiger partial charge >= 0.3 is 0 Å². The van der Waals surface area contributed by atoms with E-state index >= 15 is 0 Å². The van der Waals surface area contributed by atoms with Gasteiger partial charge in [0.2, 0.25) is 0 Å². The zero-order chi connectivity index (χ0) is 14.2. The zero-order valence-electron chi connectivity index (χ0n) is 11.3. The molecule has 0 aliphatic rings. The molecule has 19 heavy (non-hydrogen) atoms. The van der Waals surface area contributed by atoms with Crippen LogP contribution in [0.3, 0.4) is 0 Å². The van der Waals surface area contributed by atoms with Crippen molar-refractivity contribution in [2.75, 3.05) is 0 Å². The van der Waals surface area contributed by atoms with Crippen LogP contribution in [0.5, 0.6) is 0 Å². The summed E-state index contributed by atoms with van der Waals surface area (Å²) in [4.78, 5) is 0. The molecule has 2 aromatic rings. The molecule has 0 spiro atoms. The fraction of sp³-hybridized carbons (Fsp3) is 0.250. The van der Waals surface area contributed by atoms with Crippen LogP contribution < -0.4 is 5.73 Å². The van der Waals surface area contributed by atoms with E-state index in [1.165, 1.54) is 0 Å². The zero-order valence-corrected chi connectivity index (χ0v) is 12.8. The number of benzene rings is 2. The summed E-state index contributed by atoms with van der Waals surface area (Å²) in [5.41, 5.74) is 11.3. The lowest BCUT2D eigenvalue weighted by Gasteiger charge is -2.13. The van der Waals surface area contributed by atoms with E-state index in [4.69, 9.17) is 28.9 Å². The lowest BCUT2D eigenvalue weighted by Crippen LogP contribution is -2.05. The summed E-state index contributed by atoms with van der Waals surface area (Å²) in [5.74, 6) is 0. The van der Waals surface area contributed by atoms with Crippen LogP contribution in [0, 0.1) is 13.8 Å². The van der Waals surface area contributed by atoms with Crippen molar-refractivity contribution in [3.8, 4) is 11.1 Å². The number of rotatable bonds is 2. The smallest absolute Gasteiger partial charge is 0.0459 e. The predicted molar refractivity (Wildman–Crippen MR) is 84.0 cm³/mol. The number of nitrogens with two attached hydrogens (primary N) is 1. The van der Waals surface area contributed by atoms with Crippen LogP contribution in [-0.4, -0.2) is 0 Å². The molecule has 0 fully saturated rings. The van der Waals surface area contributed by atoms with E-state index in [9.17, 15) is 0 Å². The van der Waals surface area contributed by atoms with E-state index in [2.05, 4.69) is 12.1 Å². The summed E-state index contributed by atoms with van der Waals surface area (Å²) >= 11 is 12.4. The Morgan fingerprint density at radius 1 is 0.947 bits per heavy atom. The average Bonchev–Trinajstić information content (AvgIpc) is 2.33. The van der Waals surface area contributed by atoms with Crippen molar-refractivity contribution in [1.29, 1.82) is 0 Å². The van der Waals surface area contributed by atoms with Gasteiger partial charge in [-0.1, -0.05) is 35.3 Å². The maximum absolute atomic E-state index is 6.29. The first-order chi connectivity index (χ1) is 8.90. The van der Waals surface area contributed by atoms with Crippen molar-refractivity contribution in [3.63, 3.8) is 0 Å². The summed E-state index contributed by atoms with van der Waals surface area (Å²) in [6, 6.07) is 10.0. The van der Waals surface area contributed by atoms with Gasteiger partial charge in [-0.05, 0) is 66.8 Å². The molecule has 2 rings (SSSR count). The maximum Gasteiger partial charge on any atom is 0.0459 e. The molecule has 0 radical (unpaired) electrons. The Balaban J connectivity index is 2.54. The first-order valence-corrected chi connectivity index (χ1v) is 6.98. The Labute approximate surface area is 124 Å². The van der Waals surface area contributed by atoms with Crippen molar-refractivity contribution in [2.45, 2.75) is 26.8 Å². The minimum Gasteiger partial charge on any atom is -0.324 e. The van der Waals surface area contributed by atoms with Crippen LogP contribution in [0.2, 0.25) is 10.0 Å². The Morgan fingerprint density at radius 3 is 2.21 bits per heavy atom. The van der Waals surface area contributed by atoms with Gasteiger partial charge in [-0.15, -0.1) is 0 Å². The summed E-state index contributed by atoms with van der Waals surface area (Å²) in [6.45, 7) is 5.98. The third-order valence-electron chi connectivity index (χ3n) is 3.31. The maximum atomic E-state index is 6.29. The topological polar surface area (TPSA) is 26.0 Å². The Bertz CT molecular complexity index is 618. The summed E-state index contributed by atoms with van der Waals surface area (Å²) in [7, 11) is 0. The molecule has 0 saturated carbocycles. The molecule has 2 aromatic carbocycles. The first-order valence-electron chi connectivity index (χ1n) is 6.22. The Hall–Kier alpha value is -1.02. The quantitative estimate of drug-likeness (QED) is 0.799. The van der Waals surface area contributed by atoms with Crippen molar-refractivity contribution in [3.05, 3.63) is 57.1 Å². The molecule has 2 N–H and O–H groups in total. The fourth-order valence-corrected chi connectivity index (χ4v) is 2.73. The number of aryl methyl sites for hydroxylation is 2. The monoisotopic (exact) mass is 293 g/mol. The van der Waals surface area contributed by atoms with Gasteiger partial charge in [-0.25, -0.2) is 0 Å². The van der Waals surface area contributed by atoms with Crippen LogP contribution in [0.1, 0.15) is 29.7 Å². The van der Waals surface area contributed by atoms with E-state index in [1.807, 2.05) is 39.0 Å². The van der Waals surface area contributed by atoms with Crippen LogP contribution in [0.4, 0.5) is 0 Å². The van der Waals surface area contributed by atoms with Gasteiger partial charge in [0.15, 0.2) is 0 Å². The van der Waals surface area contributed by atoms with Gasteiger partial charge in [0.05, 0.1) is 0 Å². The molecular weight excluding hydrogens is 277 g/mol.